The van der Waals surface area contributed by atoms with E-state index in [1.807, 2.05) is 0 Å². The van der Waals surface area contributed by atoms with Crippen LogP contribution in [0.3, 0.4) is 0 Å². The lowest BCUT2D eigenvalue weighted by Crippen LogP contribution is -2.04. The Bertz CT molecular complexity index is 287. The maximum Gasteiger partial charge on any atom is 0.125 e. The van der Waals surface area contributed by atoms with Gasteiger partial charge in [0.15, 0.2) is 0 Å². The number of nitrogens with one attached hydrogen (secondary N) is 1. The van der Waals surface area contributed by atoms with Crippen molar-refractivity contribution in [2.45, 2.75) is 26.2 Å². The molecule has 0 saturated heterocycles. The second-order valence-electron chi connectivity index (χ2n) is 3.37. The second-order valence-corrected chi connectivity index (χ2v) is 3.37. The van der Waals surface area contributed by atoms with E-state index in [0.717, 1.165) is 18.7 Å². The van der Waals surface area contributed by atoms with Gasteiger partial charge in [-0.3, -0.25) is 0 Å². The number of unbranched alkanes of at least 4 members (excludes halogenated alkanes) is 2. The molecule has 0 aliphatic heterocycles. The van der Waals surface area contributed by atoms with Gasteiger partial charge in [-0.05, 0) is 24.6 Å². The van der Waals surface area contributed by atoms with Crippen molar-refractivity contribution in [1.29, 1.82) is 0 Å². The van der Waals surface area contributed by atoms with Crippen LogP contribution in [0, 0.1) is 5.82 Å². The van der Waals surface area contributed by atoms with Crippen LogP contribution < -0.4 is 11.1 Å². The maximum absolute atomic E-state index is 12.7. The summed E-state index contributed by atoms with van der Waals surface area (Å²) in [4.78, 5) is 0. The molecule has 1 rings (SSSR count). The van der Waals surface area contributed by atoms with Crippen molar-refractivity contribution in [3.05, 3.63) is 24.0 Å². The summed E-state index contributed by atoms with van der Waals surface area (Å²) in [6.45, 7) is 3.05. The van der Waals surface area contributed by atoms with Crippen LogP contribution in [0.4, 0.5) is 15.8 Å². The third-order valence-electron chi connectivity index (χ3n) is 2.11. The molecular formula is C11H17FN2. The molecule has 1 aromatic carbocycles. The third kappa shape index (κ3) is 3.24. The van der Waals surface area contributed by atoms with Crippen molar-refractivity contribution in [3.8, 4) is 0 Å². The summed E-state index contributed by atoms with van der Waals surface area (Å²) < 4.78 is 12.7. The Morgan fingerprint density at radius 3 is 2.79 bits per heavy atom. The summed E-state index contributed by atoms with van der Waals surface area (Å²) >= 11 is 0. The SMILES string of the molecule is CCCCCNc1ccc(F)cc1N. The van der Waals surface area contributed by atoms with Crippen molar-refractivity contribution >= 4 is 11.4 Å². The van der Waals surface area contributed by atoms with Gasteiger partial charge in [0.2, 0.25) is 0 Å². The van der Waals surface area contributed by atoms with Crippen molar-refractivity contribution in [2.75, 3.05) is 17.6 Å². The van der Waals surface area contributed by atoms with Crippen LogP contribution in [0.5, 0.6) is 0 Å². The Hall–Kier alpha value is -1.25. The fourth-order valence-corrected chi connectivity index (χ4v) is 1.29. The first-order valence-electron chi connectivity index (χ1n) is 5.03. The van der Waals surface area contributed by atoms with E-state index in [4.69, 9.17) is 5.73 Å². The second kappa shape index (κ2) is 5.47. The van der Waals surface area contributed by atoms with Crippen LogP contribution in [-0.2, 0) is 0 Å². The van der Waals surface area contributed by atoms with Gasteiger partial charge in [-0.15, -0.1) is 0 Å². The zero-order valence-corrected chi connectivity index (χ0v) is 8.52. The number of nitrogens with two attached hydrogens (primary N) is 1. The van der Waals surface area contributed by atoms with Crippen LogP contribution in [-0.4, -0.2) is 6.54 Å². The molecule has 0 unspecified atom stereocenters. The predicted octanol–water partition coefficient (Wildman–Crippen LogP) is 3.01. The highest BCUT2D eigenvalue weighted by molar-refractivity contribution is 5.65. The molecule has 0 aliphatic rings. The van der Waals surface area contributed by atoms with E-state index in [2.05, 4.69) is 12.2 Å². The normalized spacial score (nSPS) is 10.1. The average molecular weight is 196 g/mol. The van der Waals surface area contributed by atoms with E-state index in [-0.39, 0.29) is 5.82 Å². The molecule has 2 nitrogen and oxygen atoms in total. The monoisotopic (exact) mass is 196 g/mol. The van der Waals surface area contributed by atoms with Gasteiger partial charge in [-0.2, -0.15) is 0 Å². The number of nitrogen functional groups attached to an aromatic ring is 1. The van der Waals surface area contributed by atoms with E-state index in [1.54, 1.807) is 6.07 Å². The van der Waals surface area contributed by atoms with Crippen LogP contribution in [0.2, 0.25) is 0 Å². The highest BCUT2D eigenvalue weighted by Crippen LogP contribution is 2.18. The van der Waals surface area contributed by atoms with Gasteiger partial charge in [0, 0.05) is 6.54 Å². The highest BCUT2D eigenvalue weighted by atomic mass is 19.1. The standard InChI is InChI=1S/C11H17FN2/c1-2-3-4-7-14-11-6-5-9(12)8-10(11)13/h5-6,8,14H,2-4,7,13H2,1H3. The first-order chi connectivity index (χ1) is 6.74. The minimum atomic E-state index is -0.290. The number of benzene rings is 1. The van der Waals surface area contributed by atoms with Crippen molar-refractivity contribution < 1.29 is 4.39 Å². The molecular weight excluding hydrogens is 179 g/mol. The van der Waals surface area contributed by atoms with Gasteiger partial charge in [-0.1, -0.05) is 19.8 Å². The van der Waals surface area contributed by atoms with Crippen LogP contribution in [0.1, 0.15) is 26.2 Å². The molecule has 0 heterocycles. The van der Waals surface area contributed by atoms with E-state index in [9.17, 15) is 4.39 Å². The number of hydrogen-bond acceptors (Lipinski definition) is 2. The summed E-state index contributed by atoms with van der Waals surface area (Å²) in [6, 6.07) is 4.43. The van der Waals surface area contributed by atoms with Crippen LogP contribution in [0.15, 0.2) is 18.2 Å². The van der Waals surface area contributed by atoms with E-state index < -0.39 is 0 Å². The molecule has 0 saturated carbocycles. The average Bonchev–Trinajstić information content (AvgIpc) is 2.15. The summed E-state index contributed by atoms with van der Waals surface area (Å²) in [5, 5.41) is 3.18. The molecule has 0 bridgehead atoms. The minimum Gasteiger partial charge on any atom is -0.397 e. The zero-order chi connectivity index (χ0) is 10.4. The summed E-state index contributed by atoms with van der Waals surface area (Å²) in [7, 11) is 0. The van der Waals surface area contributed by atoms with Crippen molar-refractivity contribution in [1.82, 2.24) is 0 Å². The Labute approximate surface area is 84.3 Å². The number of rotatable bonds is 5. The molecule has 14 heavy (non-hydrogen) atoms. The lowest BCUT2D eigenvalue weighted by Gasteiger charge is -2.08. The Kier molecular flexibility index (Phi) is 4.23. The Morgan fingerprint density at radius 2 is 2.14 bits per heavy atom. The van der Waals surface area contributed by atoms with Crippen molar-refractivity contribution in [3.63, 3.8) is 0 Å². The Balaban J connectivity index is 2.42. The van der Waals surface area contributed by atoms with Gasteiger partial charge < -0.3 is 11.1 Å². The zero-order valence-electron chi connectivity index (χ0n) is 8.52. The molecule has 0 aliphatic carbocycles. The molecule has 3 N–H and O–H groups in total. The highest BCUT2D eigenvalue weighted by Gasteiger charge is 1.98. The van der Waals surface area contributed by atoms with Gasteiger partial charge in [0.1, 0.15) is 5.82 Å². The molecule has 0 amide bonds. The molecule has 0 spiro atoms. The van der Waals surface area contributed by atoms with Gasteiger partial charge in [0.05, 0.1) is 11.4 Å². The van der Waals surface area contributed by atoms with Crippen molar-refractivity contribution in [2.24, 2.45) is 0 Å². The fourth-order valence-electron chi connectivity index (χ4n) is 1.29. The first kappa shape index (κ1) is 10.8. The maximum atomic E-state index is 12.7. The largest absolute Gasteiger partial charge is 0.397 e. The van der Waals surface area contributed by atoms with Gasteiger partial charge in [0.25, 0.3) is 0 Å². The molecule has 1 aromatic rings. The fraction of sp³-hybridized carbons (Fsp3) is 0.455. The smallest absolute Gasteiger partial charge is 0.125 e. The molecule has 0 fully saturated rings. The van der Waals surface area contributed by atoms with E-state index >= 15 is 0 Å². The van der Waals surface area contributed by atoms with E-state index in [1.165, 1.54) is 25.0 Å². The Morgan fingerprint density at radius 1 is 1.36 bits per heavy atom. The summed E-state index contributed by atoms with van der Waals surface area (Å²) in [5.41, 5.74) is 6.93. The molecule has 78 valence electrons. The molecule has 0 aromatic heterocycles. The van der Waals surface area contributed by atoms with Gasteiger partial charge in [-0.25, -0.2) is 4.39 Å². The first-order valence-corrected chi connectivity index (χ1v) is 5.03. The van der Waals surface area contributed by atoms with Gasteiger partial charge >= 0.3 is 0 Å². The topological polar surface area (TPSA) is 38.0 Å². The number of anilines is 2. The van der Waals surface area contributed by atoms with Crippen LogP contribution >= 0.6 is 0 Å². The third-order valence-corrected chi connectivity index (χ3v) is 2.11. The molecule has 3 heteroatoms. The van der Waals surface area contributed by atoms with Crippen LogP contribution in [0.25, 0.3) is 0 Å². The number of halogens is 1. The predicted molar refractivity (Wildman–Crippen MR) is 58.8 cm³/mol. The summed E-state index contributed by atoms with van der Waals surface area (Å²) in [6.07, 6.45) is 3.52. The quantitative estimate of drug-likeness (QED) is 0.561. The number of hydrogen-bond donors (Lipinski definition) is 2. The summed E-state index contributed by atoms with van der Waals surface area (Å²) in [5.74, 6) is -0.290. The lowest BCUT2D eigenvalue weighted by molar-refractivity contribution is 0.628. The van der Waals surface area contributed by atoms with E-state index in [0.29, 0.717) is 5.69 Å². The molecule has 0 atom stereocenters. The lowest BCUT2D eigenvalue weighted by atomic mass is 10.2. The molecule has 0 radical (unpaired) electrons. The minimum absolute atomic E-state index is 0.290.